The Labute approximate surface area is 391 Å². The fraction of sp³-hybridized carbons (Fsp3) is 0. The van der Waals surface area contributed by atoms with E-state index in [9.17, 15) is 0 Å². The molecule has 0 amide bonds. The van der Waals surface area contributed by atoms with Crippen LogP contribution >= 0.6 is 0 Å². The maximum atomic E-state index is 7.36. The molecule has 6 nitrogen and oxygen atoms in total. The van der Waals surface area contributed by atoms with Crippen molar-refractivity contribution in [3.8, 4) is 28.7 Å². The van der Waals surface area contributed by atoms with Crippen molar-refractivity contribution in [2.75, 3.05) is 9.80 Å². The SMILES string of the molecule is c1ccc(N(c2ccccc2)c2ccc3c(c2)Oc2cc4c5c6c2B3c2cccc3c7cc8oc9ccccc9c8c(c7n-6c23)B5c2ccc(N(c3ccccc3)c3ccccc3)cc2O4)cc1. The maximum Gasteiger partial charge on any atom is 0.257 e. The number of benzene rings is 10. The molecule has 0 spiro atoms. The lowest BCUT2D eigenvalue weighted by Crippen LogP contribution is -2.65. The van der Waals surface area contributed by atoms with Gasteiger partial charge in [-0.15, -0.1) is 0 Å². The Bertz CT molecular complexity index is 4040. The van der Waals surface area contributed by atoms with Crippen molar-refractivity contribution in [1.82, 2.24) is 4.57 Å². The second-order valence-electron chi connectivity index (χ2n) is 18.3. The molecule has 4 aliphatic heterocycles. The largest absolute Gasteiger partial charge is 0.458 e. The average molecular weight is 868 g/mol. The number of aromatic nitrogens is 1. The molecule has 16 rings (SSSR count). The van der Waals surface area contributed by atoms with Crippen LogP contribution in [0.4, 0.5) is 34.1 Å². The van der Waals surface area contributed by atoms with Crippen molar-refractivity contribution < 1.29 is 13.9 Å². The van der Waals surface area contributed by atoms with Gasteiger partial charge in [-0.25, -0.2) is 0 Å². The Morgan fingerprint density at radius 3 is 1.44 bits per heavy atom. The fourth-order valence-corrected chi connectivity index (χ4v) is 12.2. The standard InChI is InChI=1S/C60H35B2N3O3/c1-5-16-36(17-6-1)63(37-18-7-2-8-19-37)40-28-30-45-49(32-40)67-52-35-53-56-60-55(52)61(45)47-26-15-25-42-44-34-51-54(43-24-13-14-27-48(43)66-51)57(59(44)65(60)58(42)47)62(56)46-31-29-41(33-50(46)68-53)64(38-20-9-3-10-21-38)39-22-11-4-12-23-39/h1-35H. The third-order valence-electron chi connectivity index (χ3n) is 14.8. The molecule has 0 fully saturated rings. The Balaban J connectivity index is 0.982. The first kappa shape index (κ1) is 36.4. The van der Waals surface area contributed by atoms with Crippen LogP contribution < -0.4 is 52.1 Å². The average Bonchev–Trinajstić information content (AvgIpc) is 3.94. The third kappa shape index (κ3) is 4.78. The zero-order chi connectivity index (χ0) is 44.2. The van der Waals surface area contributed by atoms with Gasteiger partial charge in [0.25, 0.3) is 13.4 Å². The quantitative estimate of drug-likeness (QED) is 0.156. The Hall–Kier alpha value is -8.87. The molecule has 0 saturated carbocycles. The van der Waals surface area contributed by atoms with Gasteiger partial charge in [0.05, 0.1) is 5.52 Å². The molecule has 10 aromatic carbocycles. The summed E-state index contributed by atoms with van der Waals surface area (Å²) in [6.07, 6.45) is 0. The van der Waals surface area contributed by atoms with Crippen LogP contribution in [0.2, 0.25) is 0 Å². The molecule has 12 aromatic rings. The monoisotopic (exact) mass is 867 g/mol. The number of nitrogens with zero attached hydrogens (tertiary/aromatic N) is 3. The number of hydrogen-bond donors (Lipinski definition) is 0. The van der Waals surface area contributed by atoms with E-state index in [-0.39, 0.29) is 13.4 Å². The fourth-order valence-electron chi connectivity index (χ4n) is 12.2. The van der Waals surface area contributed by atoms with E-state index in [4.69, 9.17) is 13.9 Å². The highest BCUT2D eigenvalue weighted by Gasteiger charge is 2.50. The minimum atomic E-state index is -0.162. The van der Waals surface area contributed by atoms with Gasteiger partial charge in [0.1, 0.15) is 34.2 Å². The minimum absolute atomic E-state index is 0.0781. The van der Waals surface area contributed by atoms with E-state index in [0.717, 1.165) is 90.0 Å². The lowest BCUT2D eigenvalue weighted by molar-refractivity contribution is 0.465. The van der Waals surface area contributed by atoms with E-state index < -0.39 is 0 Å². The van der Waals surface area contributed by atoms with Crippen LogP contribution in [0, 0.1) is 0 Å². The van der Waals surface area contributed by atoms with Crippen molar-refractivity contribution >= 4 is 124 Å². The van der Waals surface area contributed by atoms with Gasteiger partial charge in [-0.2, -0.15) is 0 Å². The lowest BCUT2D eigenvalue weighted by Gasteiger charge is -2.40. The summed E-state index contributed by atoms with van der Waals surface area (Å²) >= 11 is 0. The molecule has 0 radical (unpaired) electrons. The summed E-state index contributed by atoms with van der Waals surface area (Å²) in [5.74, 6) is 3.27. The van der Waals surface area contributed by atoms with E-state index in [1.54, 1.807) is 0 Å². The number of para-hydroxylation sites is 6. The van der Waals surface area contributed by atoms with Gasteiger partial charge in [-0.05, 0) is 106 Å². The number of furan rings is 1. The molecule has 4 aliphatic rings. The zero-order valence-electron chi connectivity index (χ0n) is 36.4. The minimum Gasteiger partial charge on any atom is -0.458 e. The van der Waals surface area contributed by atoms with Crippen LogP contribution in [0.25, 0.3) is 49.4 Å². The summed E-state index contributed by atoms with van der Waals surface area (Å²) < 4.78 is 24.1. The molecular weight excluding hydrogens is 832 g/mol. The van der Waals surface area contributed by atoms with Crippen LogP contribution in [0.5, 0.6) is 23.0 Å². The molecule has 6 heterocycles. The molecule has 8 heteroatoms. The number of anilines is 6. The summed E-state index contributed by atoms with van der Waals surface area (Å²) in [4.78, 5) is 4.60. The molecular formula is C60H35B2N3O3. The topological polar surface area (TPSA) is 43.0 Å². The Morgan fingerprint density at radius 1 is 0.338 bits per heavy atom. The van der Waals surface area contributed by atoms with Crippen LogP contribution in [0.1, 0.15) is 0 Å². The predicted octanol–water partition coefficient (Wildman–Crippen LogP) is 11.5. The second kappa shape index (κ2) is 13.4. The van der Waals surface area contributed by atoms with Gasteiger partial charge in [-0.1, -0.05) is 121 Å². The van der Waals surface area contributed by atoms with Crippen molar-refractivity contribution in [3.05, 3.63) is 212 Å². The van der Waals surface area contributed by atoms with Crippen LogP contribution in [-0.2, 0) is 0 Å². The number of hydrogen-bond acceptors (Lipinski definition) is 5. The van der Waals surface area contributed by atoms with E-state index in [1.165, 1.54) is 49.3 Å². The Morgan fingerprint density at radius 2 is 0.853 bits per heavy atom. The van der Waals surface area contributed by atoms with E-state index in [0.29, 0.717) is 0 Å². The summed E-state index contributed by atoms with van der Waals surface area (Å²) in [5, 5.41) is 4.67. The van der Waals surface area contributed by atoms with Crippen molar-refractivity contribution in [1.29, 1.82) is 0 Å². The first-order valence-electron chi connectivity index (χ1n) is 23.3. The summed E-state index contributed by atoms with van der Waals surface area (Å²) in [6.45, 7) is -0.240. The zero-order valence-corrected chi connectivity index (χ0v) is 36.4. The van der Waals surface area contributed by atoms with Gasteiger partial charge in [0.2, 0.25) is 0 Å². The second-order valence-corrected chi connectivity index (χ2v) is 18.3. The summed E-state index contributed by atoms with van der Waals surface area (Å²) in [7, 11) is 0. The highest BCUT2D eigenvalue weighted by Crippen LogP contribution is 2.47. The van der Waals surface area contributed by atoms with Crippen molar-refractivity contribution in [2.24, 2.45) is 0 Å². The molecule has 0 N–H and O–H groups in total. The van der Waals surface area contributed by atoms with Crippen LogP contribution in [-0.4, -0.2) is 18.0 Å². The molecule has 0 bridgehead atoms. The summed E-state index contributed by atoms with van der Waals surface area (Å²) in [5.41, 5.74) is 18.8. The molecule has 0 saturated heterocycles. The van der Waals surface area contributed by atoms with Gasteiger partial charge >= 0.3 is 0 Å². The first-order chi connectivity index (χ1) is 33.7. The number of rotatable bonds is 6. The molecule has 68 heavy (non-hydrogen) atoms. The first-order valence-corrected chi connectivity index (χ1v) is 23.3. The molecule has 314 valence electrons. The van der Waals surface area contributed by atoms with Gasteiger partial charge < -0.3 is 28.3 Å². The van der Waals surface area contributed by atoms with Crippen molar-refractivity contribution in [2.45, 2.75) is 0 Å². The van der Waals surface area contributed by atoms with E-state index in [1.807, 2.05) is 0 Å². The van der Waals surface area contributed by atoms with Gasteiger partial charge in [0, 0.05) is 85.1 Å². The van der Waals surface area contributed by atoms with Crippen molar-refractivity contribution in [3.63, 3.8) is 0 Å². The molecule has 2 aromatic heterocycles. The summed E-state index contributed by atoms with van der Waals surface area (Å²) in [6, 6.07) is 75.6. The van der Waals surface area contributed by atoms with Crippen LogP contribution in [0.3, 0.4) is 0 Å². The number of fused-ring (bicyclic) bond motifs is 11. The van der Waals surface area contributed by atoms with Gasteiger partial charge in [0.15, 0.2) is 0 Å². The third-order valence-corrected chi connectivity index (χ3v) is 14.8. The molecule has 0 atom stereocenters. The lowest BCUT2D eigenvalue weighted by atomic mass is 9.30. The van der Waals surface area contributed by atoms with E-state index >= 15 is 0 Å². The predicted molar refractivity (Wildman–Crippen MR) is 280 cm³/mol. The highest BCUT2D eigenvalue weighted by molar-refractivity contribution is 7.04. The molecule has 0 aliphatic carbocycles. The number of ether oxygens (including phenoxy) is 2. The maximum absolute atomic E-state index is 7.36. The highest BCUT2D eigenvalue weighted by atomic mass is 16.5. The molecule has 0 unspecified atom stereocenters. The van der Waals surface area contributed by atoms with Gasteiger partial charge in [-0.3, -0.25) is 0 Å². The van der Waals surface area contributed by atoms with E-state index in [2.05, 4.69) is 227 Å². The smallest absolute Gasteiger partial charge is 0.257 e. The Kier molecular flexibility index (Phi) is 7.15. The normalized spacial score (nSPS) is 13.2. The van der Waals surface area contributed by atoms with Crippen LogP contribution in [0.15, 0.2) is 217 Å².